The van der Waals surface area contributed by atoms with Crippen molar-refractivity contribution < 1.29 is 19.1 Å². The standard InChI is InChI=1S/C18H21N5O4/c1-11-16(12-7-5-6-8-13(12)27-4)17(22(3)20-11)19-14(24)9-23-15(25)10-21(2)18(23)26/h5-8H,9-10H2,1-4H3,(H,19,24). The first-order valence-electron chi connectivity index (χ1n) is 8.35. The van der Waals surface area contributed by atoms with Gasteiger partial charge in [-0.15, -0.1) is 0 Å². The number of nitrogens with zero attached hydrogens (tertiary/aromatic N) is 4. The van der Waals surface area contributed by atoms with Crippen LogP contribution in [0.1, 0.15) is 5.69 Å². The lowest BCUT2D eigenvalue weighted by molar-refractivity contribution is -0.129. The van der Waals surface area contributed by atoms with Gasteiger partial charge in [-0.25, -0.2) is 4.79 Å². The Hall–Kier alpha value is -3.36. The number of para-hydroxylation sites is 1. The first-order chi connectivity index (χ1) is 12.8. The number of amides is 4. The summed E-state index contributed by atoms with van der Waals surface area (Å²) in [5.74, 6) is 0.236. The molecule has 142 valence electrons. The maximum Gasteiger partial charge on any atom is 0.327 e. The molecule has 4 amide bonds. The van der Waals surface area contributed by atoms with Crippen LogP contribution in [0.3, 0.4) is 0 Å². The van der Waals surface area contributed by atoms with Gasteiger partial charge in [-0.1, -0.05) is 18.2 Å². The average molecular weight is 371 g/mol. The Morgan fingerprint density at radius 1 is 1.26 bits per heavy atom. The first kappa shape index (κ1) is 18.4. The van der Waals surface area contributed by atoms with Crippen LogP contribution in [0.4, 0.5) is 10.6 Å². The van der Waals surface area contributed by atoms with Crippen LogP contribution in [-0.4, -0.2) is 64.7 Å². The van der Waals surface area contributed by atoms with E-state index in [1.54, 1.807) is 18.8 Å². The zero-order chi connectivity index (χ0) is 19.7. The van der Waals surface area contributed by atoms with Crippen LogP contribution in [0.15, 0.2) is 24.3 Å². The van der Waals surface area contributed by atoms with Gasteiger partial charge in [0.15, 0.2) is 0 Å². The van der Waals surface area contributed by atoms with Crippen molar-refractivity contribution in [2.45, 2.75) is 6.92 Å². The van der Waals surface area contributed by atoms with Crippen LogP contribution in [0.2, 0.25) is 0 Å². The second-order valence-corrected chi connectivity index (χ2v) is 6.30. The molecule has 0 radical (unpaired) electrons. The van der Waals surface area contributed by atoms with Gasteiger partial charge in [0.2, 0.25) is 5.91 Å². The number of carbonyl (C=O) groups excluding carboxylic acids is 3. The lowest BCUT2D eigenvalue weighted by Crippen LogP contribution is -2.38. The fourth-order valence-corrected chi connectivity index (χ4v) is 3.11. The molecule has 0 saturated carbocycles. The molecule has 1 N–H and O–H groups in total. The Balaban J connectivity index is 1.89. The quantitative estimate of drug-likeness (QED) is 0.798. The van der Waals surface area contributed by atoms with Gasteiger partial charge >= 0.3 is 6.03 Å². The Morgan fingerprint density at radius 2 is 1.96 bits per heavy atom. The number of benzene rings is 1. The van der Waals surface area contributed by atoms with E-state index in [1.165, 1.54) is 11.9 Å². The number of carbonyl (C=O) groups is 3. The zero-order valence-corrected chi connectivity index (χ0v) is 15.6. The highest BCUT2D eigenvalue weighted by Gasteiger charge is 2.35. The summed E-state index contributed by atoms with van der Waals surface area (Å²) < 4.78 is 6.97. The van der Waals surface area contributed by atoms with E-state index in [9.17, 15) is 14.4 Å². The highest BCUT2D eigenvalue weighted by atomic mass is 16.5. The number of hydrogen-bond donors (Lipinski definition) is 1. The minimum Gasteiger partial charge on any atom is -0.496 e. The van der Waals surface area contributed by atoms with E-state index in [-0.39, 0.29) is 13.1 Å². The van der Waals surface area contributed by atoms with Crippen LogP contribution in [0.25, 0.3) is 11.1 Å². The molecule has 1 aliphatic rings. The molecular weight excluding hydrogens is 350 g/mol. The van der Waals surface area contributed by atoms with Gasteiger partial charge in [0.1, 0.15) is 24.7 Å². The summed E-state index contributed by atoms with van der Waals surface area (Å²) in [6, 6.07) is 6.94. The predicted molar refractivity (Wildman–Crippen MR) is 98.3 cm³/mol. The molecule has 2 aromatic rings. The average Bonchev–Trinajstić information content (AvgIpc) is 3.04. The number of ether oxygens (including phenoxy) is 1. The van der Waals surface area contributed by atoms with E-state index in [0.29, 0.717) is 17.3 Å². The fourth-order valence-electron chi connectivity index (χ4n) is 3.11. The molecule has 1 aromatic heterocycles. The van der Waals surface area contributed by atoms with Crippen LogP contribution in [0, 0.1) is 6.92 Å². The molecule has 0 bridgehead atoms. The Kier molecular flexibility index (Phi) is 4.85. The van der Waals surface area contributed by atoms with Crippen molar-refractivity contribution >= 4 is 23.7 Å². The molecule has 9 heteroatoms. The van der Waals surface area contributed by atoms with Gasteiger partial charge < -0.3 is 15.0 Å². The highest BCUT2D eigenvalue weighted by Crippen LogP contribution is 2.37. The summed E-state index contributed by atoms with van der Waals surface area (Å²) in [7, 11) is 4.80. The zero-order valence-electron chi connectivity index (χ0n) is 15.6. The number of imide groups is 1. The molecule has 1 fully saturated rings. The van der Waals surface area contributed by atoms with Crippen LogP contribution in [-0.2, 0) is 16.6 Å². The van der Waals surface area contributed by atoms with E-state index in [0.717, 1.165) is 16.0 Å². The molecular formula is C18H21N5O4. The van der Waals surface area contributed by atoms with E-state index in [4.69, 9.17) is 4.74 Å². The molecule has 1 saturated heterocycles. The Bertz CT molecular complexity index is 920. The summed E-state index contributed by atoms with van der Waals surface area (Å²) in [4.78, 5) is 38.6. The maximum atomic E-state index is 12.5. The lowest BCUT2D eigenvalue weighted by Gasteiger charge is -2.15. The number of rotatable bonds is 5. The van der Waals surface area contributed by atoms with Crippen molar-refractivity contribution in [1.29, 1.82) is 0 Å². The molecule has 0 aliphatic carbocycles. The third kappa shape index (κ3) is 3.35. The second kappa shape index (κ2) is 7.10. The second-order valence-electron chi connectivity index (χ2n) is 6.30. The van der Waals surface area contributed by atoms with Crippen molar-refractivity contribution in [3.63, 3.8) is 0 Å². The number of aryl methyl sites for hydroxylation is 2. The highest BCUT2D eigenvalue weighted by molar-refractivity contribution is 6.06. The van der Waals surface area contributed by atoms with E-state index >= 15 is 0 Å². The largest absolute Gasteiger partial charge is 0.496 e. The van der Waals surface area contributed by atoms with Crippen molar-refractivity contribution in [1.82, 2.24) is 19.6 Å². The van der Waals surface area contributed by atoms with E-state index in [2.05, 4.69) is 10.4 Å². The number of urea groups is 1. The van der Waals surface area contributed by atoms with Crippen LogP contribution in [0.5, 0.6) is 5.75 Å². The molecule has 0 spiro atoms. The van der Waals surface area contributed by atoms with Crippen LogP contribution >= 0.6 is 0 Å². The van der Waals surface area contributed by atoms with Crippen molar-refractivity contribution in [3.05, 3.63) is 30.0 Å². The molecule has 27 heavy (non-hydrogen) atoms. The third-order valence-corrected chi connectivity index (χ3v) is 4.39. The first-order valence-corrected chi connectivity index (χ1v) is 8.35. The maximum absolute atomic E-state index is 12.5. The summed E-state index contributed by atoms with van der Waals surface area (Å²) >= 11 is 0. The number of hydrogen-bond acceptors (Lipinski definition) is 5. The normalized spacial score (nSPS) is 14.1. The van der Waals surface area contributed by atoms with Gasteiger partial charge in [0, 0.05) is 19.7 Å². The molecule has 2 heterocycles. The summed E-state index contributed by atoms with van der Waals surface area (Å²) in [5, 5.41) is 7.15. The number of anilines is 1. The van der Waals surface area contributed by atoms with Crippen molar-refractivity contribution in [2.24, 2.45) is 7.05 Å². The minimum atomic E-state index is -0.485. The summed E-state index contributed by atoms with van der Waals surface area (Å²) in [6.45, 7) is 1.46. The number of likely N-dealkylation sites (N-methyl/N-ethyl adjacent to an activating group) is 1. The molecule has 0 atom stereocenters. The van der Waals surface area contributed by atoms with Crippen LogP contribution < -0.4 is 10.1 Å². The number of methoxy groups -OCH3 is 1. The minimum absolute atomic E-state index is 0.0244. The summed E-state index contributed by atoms with van der Waals surface area (Å²) in [5.41, 5.74) is 2.22. The summed E-state index contributed by atoms with van der Waals surface area (Å²) in [6.07, 6.45) is 0. The monoisotopic (exact) mass is 371 g/mol. The number of aromatic nitrogens is 2. The van der Waals surface area contributed by atoms with Gasteiger partial charge in [-0.05, 0) is 13.0 Å². The molecule has 9 nitrogen and oxygen atoms in total. The predicted octanol–water partition coefficient (Wildman–Crippen LogP) is 1.24. The molecule has 1 aromatic carbocycles. The van der Waals surface area contributed by atoms with Crippen molar-refractivity contribution in [3.8, 4) is 16.9 Å². The lowest BCUT2D eigenvalue weighted by atomic mass is 10.0. The van der Waals surface area contributed by atoms with Gasteiger partial charge in [-0.3, -0.25) is 19.2 Å². The smallest absolute Gasteiger partial charge is 0.327 e. The number of nitrogens with one attached hydrogen (secondary N) is 1. The SMILES string of the molecule is COc1ccccc1-c1c(C)nn(C)c1NC(=O)CN1C(=O)CN(C)C1=O. The van der Waals surface area contributed by atoms with E-state index in [1.807, 2.05) is 31.2 Å². The molecule has 0 unspecified atom stereocenters. The van der Waals surface area contributed by atoms with Gasteiger partial charge in [0.05, 0.1) is 18.4 Å². The molecule has 1 aliphatic heterocycles. The third-order valence-electron chi connectivity index (χ3n) is 4.39. The molecule has 3 rings (SSSR count). The van der Waals surface area contributed by atoms with Gasteiger partial charge in [0.25, 0.3) is 5.91 Å². The Morgan fingerprint density at radius 3 is 2.59 bits per heavy atom. The van der Waals surface area contributed by atoms with Gasteiger partial charge in [-0.2, -0.15) is 5.10 Å². The van der Waals surface area contributed by atoms with Crippen molar-refractivity contribution in [2.75, 3.05) is 32.6 Å². The Labute approximate surface area is 156 Å². The topological polar surface area (TPSA) is 96.8 Å². The fraction of sp³-hybridized carbons (Fsp3) is 0.333. The van der Waals surface area contributed by atoms with E-state index < -0.39 is 17.8 Å².